The lowest BCUT2D eigenvalue weighted by molar-refractivity contribution is -0.142. The largest absolute Gasteiger partial charge is 0.466 e. The summed E-state index contributed by atoms with van der Waals surface area (Å²) >= 11 is 0. The Labute approximate surface area is 109 Å². The molecular weight excluding hydrogens is 254 g/mol. The summed E-state index contributed by atoms with van der Waals surface area (Å²) in [5.74, 6) is -0.603. The number of nitrogens with two attached hydrogens (primary N) is 1. The number of carbonyl (C=O) groups excluding carboxylic acids is 1. The Morgan fingerprint density at radius 1 is 1.47 bits per heavy atom. The van der Waals surface area contributed by atoms with Gasteiger partial charge >= 0.3 is 5.97 Å². The molecule has 0 saturated heterocycles. The van der Waals surface area contributed by atoms with Crippen molar-refractivity contribution in [1.29, 1.82) is 5.26 Å². The average molecular weight is 268 g/mol. The van der Waals surface area contributed by atoms with Gasteiger partial charge in [0.1, 0.15) is 0 Å². The van der Waals surface area contributed by atoms with Crippen LogP contribution < -0.4 is 5.73 Å². The number of nitrogens with zero attached hydrogens (tertiary/aromatic N) is 1. The third-order valence-electron chi connectivity index (χ3n) is 2.58. The van der Waals surface area contributed by atoms with Crippen molar-refractivity contribution < 1.29 is 18.3 Å². The normalized spacial score (nSPS) is 10.3. The molecule has 0 radical (unpaired) electrons. The smallest absolute Gasteiger partial charge is 0.310 e. The maximum absolute atomic E-state index is 12.9. The number of rotatable bonds is 5. The van der Waals surface area contributed by atoms with Crippen molar-refractivity contribution in [2.75, 3.05) is 6.61 Å². The fraction of sp³-hybridized carbons (Fsp3) is 0.385. The van der Waals surface area contributed by atoms with Crippen molar-refractivity contribution in [3.63, 3.8) is 0 Å². The minimum Gasteiger partial charge on any atom is -0.466 e. The van der Waals surface area contributed by atoms with E-state index in [1.54, 1.807) is 6.92 Å². The van der Waals surface area contributed by atoms with Crippen LogP contribution in [0.1, 0.15) is 35.6 Å². The van der Waals surface area contributed by atoms with Crippen molar-refractivity contribution in [1.82, 2.24) is 0 Å². The van der Waals surface area contributed by atoms with E-state index in [0.717, 1.165) is 0 Å². The Hall–Kier alpha value is -2.00. The predicted molar refractivity (Wildman–Crippen MR) is 64.3 cm³/mol. The quantitative estimate of drug-likeness (QED) is 0.829. The van der Waals surface area contributed by atoms with Crippen LogP contribution >= 0.6 is 0 Å². The lowest BCUT2D eigenvalue weighted by atomic mass is 9.97. The lowest BCUT2D eigenvalue weighted by Gasteiger charge is -2.12. The zero-order valence-electron chi connectivity index (χ0n) is 10.5. The maximum atomic E-state index is 12.9. The van der Waals surface area contributed by atoms with Crippen molar-refractivity contribution >= 4 is 5.97 Å². The van der Waals surface area contributed by atoms with Crippen LogP contribution in [0, 0.1) is 11.3 Å². The van der Waals surface area contributed by atoms with Crippen LogP contribution in [0.5, 0.6) is 0 Å². The van der Waals surface area contributed by atoms with Gasteiger partial charge in [-0.2, -0.15) is 5.26 Å². The van der Waals surface area contributed by atoms with Crippen molar-refractivity contribution in [3.05, 3.63) is 34.4 Å². The third kappa shape index (κ3) is 3.73. The highest BCUT2D eigenvalue weighted by molar-refractivity contribution is 5.73. The first kappa shape index (κ1) is 15.1. The van der Waals surface area contributed by atoms with Gasteiger partial charge in [0.25, 0.3) is 6.43 Å². The second-order valence-electron chi connectivity index (χ2n) is 3.81. The Balaban J connectivity index is 3.21. The summed E-state index contributed by atoms with van der Waals surface area (Å²) in [6.45, 7) is 1.79. The van der Waals surface area contributed by atoms with Crippen molar-refractivity contribution in [3.8, 4) is 6.07 Å². The minimum absolute atomic E-state index is 0.0116. The standard InChI is InChI=1S/C13H14F2N2O2/c1-2-19-12(18)5-8-3-9(6-16)10(7-17)4-11(8)13(14)15/h3-4,13H,2,5,7,17H2,1H3. The molecule has 6 heteroatoms. The molecule has 0 saturated carbocycles. The molecule has 0 fully saturated rings. The van der Waals surface area contributed by atoms with E-state index in [4.69, 9.17) is 15.7 Å². The Kier molecular flexibility index (Phi) is 5.39. The van der Waals surface area contributed by atoms with E-state index in [0.29, 0.717) is 5.56 Å². The van der Waals surface area contributed by atoms with E-state index in [2.05, 4.69) is 0 Å². The zero-order valence-corrected chi connectivity index (χ0v) is 10.5. The van der Waals surface area contributed by atoms with Crippen LogP contribution in [0.15, 0.2) is 12.1 Å². The fourth-order valence-electron chi connectivity index (χ4n) is 1.71. The van der Waals surface area contributed by atoms with Gasteiger partial charge in [-0.25, -0.2) is 8.78 Å². The van der Waals surface area contributed by atoms with Gasteiger partial charge in [-0.05, 0) is 30.2 Å². The number of hydrogen-bond acceptors (Lipinski definition) is 4. The summed E-state index contributed by atoms with van der Waals surface area (Å²) in [6.07, 6.45) is -3.02. The number of carbonyl (C=O) groups is 1. The number of hydrogen-bond donors (Lipinski definition) is 1. The second-order valence-corrected chi connectivity index (χ2v) is 3.81. The van der Waals surface area contributed by atoms with Crippen LogP contribution in [0.3, 0.4) is 0 Å². The van der Waals surface area contributed by atoms with E-state index in [9.17, 15) is 13.6 Å². The maximum Gasteiger partial charge on any atom is 0.310 e. The van der Waals surface area contributed by atoms with Crippen LogP contribution in [0.25, 0.3) is 0 Å². The summed E-state index contributed by atoms with van der Waals surface area (Å²) in [7, 11) is 0. The number of alkyl halides is 2. The first-order valence-electron chi connectivity index (χ1n) is 5.73. The Morgan fingerprint density at radius 3 is 2.63 bits per heavy atom. The summed E-state index contributed by atoms with van der Waals surface area (Å²) < 4.78 is 30.6. The van der Waals surface area contributed by atoms with Crippen LogP contribution in [0.4, 0.5) is 8.78 Å². The van der Waals surface area contributed by atoms with Gasteiger partial charge in [-0.3, -0.25) is 4.79 Å². The monoisotopic (exact) mass is 268 g/mol. The van der Waals surface area contributed by atoms with Crippen molar-refractivity contribution in [2.45, 2.75) is 26.3 Å². The number of halogens is 2. The van der Waals surface area contributed by atoms with E-state index in [1.807, 2.05) is 6.07 Å². The molecule has 0 bridgehead atoms. The molecule has 1 rings (SSSR count). The molecule has 0 amide bonds. The molecule has 0 aliphatic heterocycles. The van der Waals surface area contributed by atoms with Gasteiger partial charge in [0.05, 0.1) is 24.7 Å². The molecule has 0 aliphatic rings. The number of ether oxygens (including phenoxy) is 1. The molecule has 0 heterocycles. The van der Waals surface area contributed by atoms with Crippen LogP contribution in [-0.2, 0) is 22.5 Å². The van der Waals surface area contributed by atoms with Gasteiger partial charge in [0.15, 0.2) is 0 Å². The van der Waals surface area contributed by atoms with Gasteiger partial charge in [-0.1, -0.05) is 0 Å². The molecule has 0 aromatic heterocycles. The molecule has 0 spiro atoms. The molecule has 102 valence electrons. The molecular formula is C13H14F2N2O2. The zero-order chi connectivity index (χ0) is 14.4. The second kappa shape index (κ2) is 6.81. The van der Waals surface area contributed by atoms with Crippen LogP contribution in [-0.4, -0.2) is 12.6 Å². The topological polar surface area (TPSA) is 76.1 Å². The van der Waals surface area contributed by atoms with Gasteiger partial charge in [-0.15, -0.1) is 0 Å². The highest BCUT2D eigenvalue weighted by atomic mass is 19.3. The molecule has 0 aliphatic carbocycles. The number of benzene rings is 1. The molecule has 4 nitrogen and oxygen atoms in total. The predicted octanol–water partition coefficient (Wildman–Crippen LogP) is 2.06. The highest BCUT2D eigenvalue weighted by Gasteiger charge is 2.18. The van der Waals surface area contributed by atoms with E-state index in [-0.39, 0.29) is 36.3 Å². The van der Waals surface area contributed by atoms with Gasteiger partial charge in [0, 0.05) is 12.1 Å². The van der Waals surface area contributed by atoms with E-state index >= 15 is 0 Å². The summed E-state index contributed by atoms with van der Waals surface area (Å²) in [4.78, 5) is 11.4. The lowest BCUT2D eigenvalue weighted by Crippen LogP contribution is -2.11. The molecule has 1 aromatic carbocycles. The van der Waals surface area contributed by atoms with E-state index in [1.165, 1.54) is 12.1 Å². The Bertz CT molecular complexity index is 510. The van der Waals surface area contributed by atoms with Crippen molar-refractivity contribution in [2.24, 2.45) is 5.73 Å². The summed E-state index contributed by atoms with van der Waals surface area (Å²) in [6, 6.07) is 4.34. The third-order valence-corrected chi connectivity index (χ3v) is 2.58. The van der Waals surface area contributed by atoms with Crippen LogP contribution in [0.2, 0.25) is 0 Å². The number of nitriles is 1. The average Bonchev–Trinajstić information content (AvgIpc) is 2.38. The fourth-order valence-corrected chi connectivity index (χ4v) is 1.71. The molecule has 1 aromatic rings. The Morgan fingerprint density at radius 2 is 2.16 bits per heavy atom. The first-order valence-corrected chi connectivity index (χ1v) is 5.73. The van der Waals surface area contributed by atoms with Gasteiger partial charge < -0.3 is 10.5 Å². The highest BCUT2D eigenvalue weighted by Crippen LogP contribution is 2.27. The summed E-state index contributed by atoms with van der Waals surface area (Å²) in [5, 5.41) is 8.93. The molecule has 19 heavy (non-hydrogen) atoms. The molecule has 0 unspecified atom stereocenters. The molecule has 0 atom stereocenters. The summed E-state index contributed by atoms with van der Waals surface area (Å²) in [5.41, 5.74) is 5.76. The SMILES string of the molecule is CCOC(=O)Cc1cc(C#N)c(CN)cc1C(F)F. The minimum atomic E-state index is -2.73. The molecule has 2 N–H and O–H groups in total. The van der Waals surface area contributed by atoms with E-state index < -0.39 is 12.4 Å². The first-order chi connectivity index (χ1) is 9.03. The number of esters is 1. The van der Waals surface area contributed by atoms with Gasteiger partial charge in [0.2, 0.25) is 0 Å².